The lowest BCUT2D eigenvalue weighted by molar-refractivity contribution is -0.384. The number of hydrogen-bond acceptors (Lipinski definition) is 6. The summed E-state index contributed by atoms with van der Waals surface area (Å²) < 4.78 is 0. The molecule has 0 saturated heterocycles. The monoisotopic (exact) mass is 254 g/mol. The van der Waals surface area contributed by atoms with Crippen LogP contribution in [0.4, 0.5) is 11.4 Å². The fourth-order valence-corrected chi connectivity index (χ4v) is 1.78. The Morgan fingerprint density at radius 3 is 2.78 bits per heavy atom. The molecule has 7 nitrogen and oxygen atoms in total. The van der Waals surface area contributed by atoms with Crippen molar-refractivity contribution < 1.29 is 10.0 Å². The number of benzene rings is 1. The molecule has 7 heteroatoms. The van der Waals surface area contributed by atoms with Crippen molar-refractivity contribution in [3.05, 3.63) is 33.9 Å². The van der Waals surface area contributed by atoms with Crippen LogP contribution < -0.4 is 11.3 Å². The summed E-state index contributed by atoms with van der Waals surface area (Å²) in [4.78, 5) is 12.2. The van der Waals surface area contributed by atoms with E-state index in [-0.39, 0.29) is 11.4 Å². The van der Waals surface area contributed by atoms with E-state index in [0.29, 0.717) is 13.1 Å². The van der Waals surface area contributed by atoms with Crippen LogP contribution in [-0.4, -0.2) is 34.6 Å². The number of anilines is 1. The van der Waals surface area contributed by atoms with Crippen molar-refractivity contribution in [2.45, 2.75) is 19.6 Å². The molecule has 100 valence electrons. The van der Waals surface area contributed by atoms with Crippen LogP contribution in [0.5, 0.6) is 0 Å². The van der Waals surface area contributed by atoms with Crippen LogP contribution in [0.3, 0.4) is 0 Å². The predicted molar refractivity (Wildman–Crippen MR) is 68.9 cm³/mol. The van der Waals surface area contributed by atoms with Crippen LogP contribution in [-0.2, 0) is 6.54 Å². The predicted octanol–water partition coefficient (Wildman–Crippen LogP) is 0.693. The molecule has 0 radical (unpaired) electrons. The standard InChI is InChI=1S/C11H18N4O3/c1-8(16)6-14(2)7-9-3-4-11(15(17)18)10(5-9)13-12/h3-5,8,13,16H,6-7,12H2,1-2H3. The molecule has 0 aliphatic rings. The Bertz CT molecular complexity index is 423. The highest BCUT2D eigenvalue weighted by atomic mass is 16.6. The van der Waals surface area contributed by atoms with Gasteiger partial charge >= 0.3 is 0 Å². The van der Waals surface area contributed by atoms with E-state index in [1.807, 2.05) is 11.9 Å². The number of nitrogen functional groups attached to an aromatic ring is 1. The molecule has 0 bridgehead atoms. The van der Waals surface area contributed by atoms with Gasteiger partial charge in [0.15, 0.2) is 0 Å². The van der Waals surface area contributed by atoms with Crippen molar-refractivity contribution in [2.24, 2.45) is 5.84 Å². The van der Waals surface area contributed by atoms with E-state index in [1.54, 1.807) is 19.1 Å². The summed E-state index contributed by atoms with van der Waals surface area (Å²) in [6.07, 6.45) is -0.417. The molecule has 4 N–H and O–H groups in total. The summed E-state index contributed by atoms with van der Waals surface area (Å²) in [6.45, 7) is 2.82. The molecule has 0 saturated carbocycles. The van der Waals surface area contributed by atoms with Crippen LogP contribution in [0.1, 0.15) is 12.5 Å². The summed E-state index contributed by atoms with van der Waals surface area (Å²) in [5, 5.41) is 20.0. The van der Waals surface area contributed by atoms with Gasteiger partial charge in [-0.05, 0) is 25.6 Å². The average molecular weight is 254 g/mol. The highest BCUT2D eigenvalue weighted by Gasteiger charge is 2.14. The van der Waals surface area contributed by atoms with Gasteiger partial charge in [-0.25, -0.2) is 0 Å². The maximum absolute atomic E-state index is 10.7. The second-order valence-corrected chi connectivity index (χ2v) is 4.30. The molecular weight excluding hydrogens is 236 g/mol. The van der Waals surface area contributed by atoms with Crippen LogP contribution in [0, 0.1) is 10.1 Å². The fraction of sp³-hybridized carbons (Fsp3) is 0.455. The summed E-state index contributed by atoms with van der Waals surface area (Å²) in [5.41, 5.74) is 3.43. The lowest BCUT2D eigenvalue weighted by Gasteiger charge is -2.18. The molecule has 0 spiro atoms. The number of nitro groups is 1. The lowest BCUT2D eigenvalue weighted by Crippen LogP contribution is -2.26. The molecule has 0 aliphatic carbocycles. The van der Waals surface area contributed by atoms with Crippen molar-refractivity contribution in [1.29, 1.82) is 0 Å². The second-order valence-electron chi connectivity index (χ2n) is 4.30. The fourth-order valence-electron chi connectivity index (χ4n) is 1.78. The molecule has 1 unspecified atom stereocenters. The number of likely N-dealkylation sites (N-methyl/N-ethyl adjacent to an activating group) is 1. The van der Waals surface area contributed by atoms with Crippen molar-refractivity contribution in [1.82, 2.24) is 4.90 Å². The number of hydrogen-bond donors (Lipinski definition) is 3. The minimum Gasteiger partial charge on any atom is -0.392 e. The Kier molecular flexibility index (Phi) is 5.02. The van der Waals surface area contributed by atoms with Gasteiger partial charge in [0.25, 0.3) is 5.69 Å². The minimum absolute atomic E-state index is 0.0561. The molecule has 0 amide bonds. The molecule has 18 heavy (non-hydrogen) atoms. The Morgan fingerprint density at radius 1 is 1.61 bits per heavy atom. The third kappa shape index (κ3) is 3.95. The van der Waals surface area contributed by atoms with E-state index in [2.05, 4.69) is 5.43 Å². The normalized spacial score (nSPS) is 12.5. The lowest BCUT2D eigenvalue weighted by atomic mass is 10.1. The quantitative estimate of drug-likeness (QED) is 0.392. The van der Waals surface area contributed by atoms with Crippen LogP contribution in [0.15, 0.2) is 18.2 Å². The van der Waals surface area contributed by atoms with E-state index >= 15 is 0 Å². The number of nitro benzene ring substituents is 1. The zero-order chi connectivity index (χ0) is 13.7. The van der Waals surface area contributed by atoms with E-state index in [0.717, 1.165) is 5.56 Å². The summed E-state index contributed by atoms with van der Waals surface area (Å²) in [7, 11) is 1.86. The Hall–Kier alpha value is -1.70. The van der Waals surface area contributed by atoms with E-state index in [1.165, 1.54) is 6.07 Å². The van der Waals surface area contributed by atoms with Crippen LogP contribution >= 0.6 is 0 Å². The van der Waals surface area contributed by atoms with E-state index in [4.69, 9.17) is 5.84 Å². The smallest absolute Gasteiger partial charge is 0.293 e. The highest BCUT2D eigenvalue weighted by Crippen LogP contribution is 2.24. The molecule has 1 aromatic rings. The van der Waals surface area contributed by atoms with Gasteiger partial charge in [-0.1, -0.05) is 6.07 Å². The van der Waals surface area contributed by atoms with Gasteiger partial charge < -0.3 is 10.5 Å². The van der Waals surface area contributed by atoms with Gasteiger partial charge in [-0.15, -0.1) is 0 Å². The Morgan fingerprint density at radius 2 is 2.28 bits per heavy atom. The van der Waals surface area contributed by atoms with Crippen molar-refractivity contribution in [2.75, 3.05) is 19.0 Å². The van der Waals surface area contributed by atoms with Crippen molar-refractivity contribution in [3.63, 3.8) is 0 Å². The Labute approximate surface area is 105 Å². The second kappa shape index (κ2) is 6.29. The number of nitrogens with zero attached hydrogens (tertiary/aromatic N) is 2. The average Bonchev–Trinajstić information content (AvgIpc) is 2.27. The third-order valence-electron chi connectivity index (χ3n) is 2.44. The molecule has 0 aliphatic heterocycles. The van der Waals surface area contributed by atoms with Gasteiger partial charge in [-0.2, -0.15) is 0 Å². The number of rotatable bonds is 6. The van der Waals surface area contributed by atoms with Gasteiger partial charge in [0.1, 0.15) is 5.69 Å². The largest absolute Gasteiger partial charge is 0.392 e. The molecular formula is C11H18N4O3. The summed E-state index contributed by atoms with van der Waals surface area (Å²) >= 11 is 0. The van der Waals surface area contributed by atoms with Crippen molar-refractivity contribution in [3.8, 4) is 0 Å². The zero-order valence-corrected chi connectivity index (χ0v) is 10.5. The van der Waals surface area contributed by atoms with E-state index < -0.39 is 11.0 Å². The number of aliphatic hydroxyl groups excluding tert-OH is 1. The molecule has 1 aromatic carbocycles. The first-order valence-electron chi connectivity index (χ1n) is 5.54. The van der Waals surface area contributed by atoms with Gasteiger partial charge in [-0.3, -0.25) is 20.9 Å². The number of nitrogens with one attached hydrogen (secondary N) is 1. The van der Waals surface area contributed by atoms with Crippen molar-refractivity contribution >= 4 is 11.4 Å². The Balaban J connectivity index is 2.82. The molecule has 0 fully saturated rings. The third-order valence-corrected chi connectivity index (χ3v) is 2.44. The molecule has 0 aromatic heterocycles. The number of nitrogens with two attached hydrogens (primary N) is 1. The first kappa shape index (κ1) is 14.4. The molecule has 0 heterocycles. The summed E-state index contributed by atoms with van der Waals surface area (Å²) in [5.74, 6) is 5.26. The maximum Gasteiger partial charge on any atom is 0.293 e. The van der Waals surface area contributed by atoms with E-state index in [9.17, 15) is 15.2 Å². The number of aliphatic hydroxyl groups is 1. The number of hydrazine groups is 1. The highest BCUT2D eigenvalue weighted by molar-refractivity contribution is 5.62. The van der Waals surface area contributed by atoms with Gasteiger partial charge in [0, 0.05) is 19.2 Å². The first-order chi connectivity index (χ1) is 8.43. The van der Waals surface area contributed by atoms with Crippen LogP contribution in [0.25, 0.3) is 0 Å². The summed E-state index contributed by atoms with van der Waals surface area (Å²) in [6, 6.07) is 4.73. The topological polar surface area (TPSA) is 105 Å². The SMILES string of the molecule is CC(O)CN(C)Cc1ccc([N+](=O)[O-])c(NN)c1. The maximum atomic E-state index is 10.7. The zero-order valence-electron chi connectivity index (χ0n) is 10.5. The van der Waals surface area contributed by atoms with Crippen LogP contribution in [0.2, 0.25) is 0 Å². The minimum atomic E-state index is -0.488. The molecule has 1 rings (SSSR count). The van der Waals surface area contributed by atoms with Gasteiger partial charge in [0.05, 0.1) is 11.0 Å². The van der Waals surface area contributed by atoms with Gasteiger partial charge in [0.2, 0.25) is 0 Å². The first-order valence-corrected chi connectivity index (χ1v) is 5.54. The molecule has 1 atom stereocenters.